The maximum absolute atomic E-state index is 12.7. The third-order valence-corrected chi connectivity index (χ3v) is 9.28. The lowest BCUT2D eigenvalue weighted by atomic mass is 9.47. The number of nitrogens with one attached hydrogen (secondary N) is 1. The van der Waals surface area contributed by atoms with Crippen molar-refractivity contribution in [3.63, 3.8) is 0 Å². The summed E-state index contributed by atoms with van der Waals surface area (Å²) in [4.78, 5) is 13.0. The van der Waals surface area contributed by atoms with Gasteiger partial charge in [0.25, 0.3) is 0 Å². The summed E-state index contributed by atoms with van der Waals surface area (Å²) in [7, 11) is -3.42. The lowest BCUT2D eigenvalue weighted by molar-refractivity contribution is -0.126. The third kappa shape index (κ3) is 3.87. The number of hydrogen-bond acceptors (Lipinski definition) is 3. The average molecular weight is 404 g/mol. The van der Waals surface area contributed by atoms with Gasteiger partial charge in [0, 0.05) is 12.5 Å². The summed E-state index contributed by atoms with van der Waals surface area (Å²) in [5.74, 6) is 2.30. The number of sulfone groups is 1. The molecule has 154 valence electrons. The van der Waals surface area contributed by atoms with Crippen LogP contribution in [0.2, 0.25) is 0 Å². The smallest absolute Gasteiger partial charge is 0.221 e. The minimum absolute atomic E-state index is 0.0407. The molecule has 1 unspecified atom stereocenters. The van der Waals surface area contributed by atoms with E-state index >= 15 is 0 Å². The van der Waals surface area contributed by atoms with Gasteiger partial charge in [0.15, 0.2) is 9.84 Å². The van der Waals surface area contributed by atoms with E-state index < -0.39 is 9.84 Å². The summed E-state index contributed by atoms with van der Waals surface area (Å²) in [6, 6.07) is 7.05. The van der Waals surface area contributed by atoms with Crippen LogP contribution in [0.5, 0.6) is 0 Å². The summed E-state index contributed by atoms with van der Waals surface area (Å²) >= 11 is 0. The zero-order valence-electron chi connectivity index (χ0n) is 17.1. The minimum atomic E-state index is -3.42. The second kappa shape index (κ2) is 7.47. The van der Waals surface area contributed by atoms with E-state index in [4.69, 9.17) is 0 Å². The molecule has 1 amide bonds. The monoisotopic (exact) mass is 403 g/mol. The van der Waals surface area contributed by atoms with Crippen molar-refractivity contribution >= 4 is 15.7 Å². The Hall–Kier alpha value is -1.36. The van der Waals surface area contributed by atoms with Crippen molar-refractivity contribution in [1.82, 2.24) is 5.32 Å². The maximum atomic E-state index is 12.7. The van der Waals surface area contributed by atoms with Crippen molar-refractivity contribution in [2.45, 2.75) is 76.2 Å². The number of rotatable bonds is 7. The Morgan fingerprint density at radius 3 is 2.11 bits per heavy atom. The first-order chi connectivity index (χ1) is 13.3. The first-order valence-corrected chi connectivity index (χ1v) is 12.5. The van der Waals surface area contributed by atoms with E-state index in [9.17, 15) is 13.2 Å². The molecule has 1 aromatic rings. The Kier molecular flexibility index (Phi) is 5.32. The Bertz CT molecular complexity index is 793. The summed E-state index contributed by atoms with van der Waals surface area (Å²) in [6.45, 7) is 4.09. The molecule has 5 rings (SSSR count). The molecule has 0 radical (unpaired) electrons. The highest BCUT2D eigenvalue weighted by atomic mass is 32.2. The Labute approximate surface area is 169 Å². The van der Waals surface area contributed by atoms with Crippen molar-refractivity contribution < 1.29 is 13.2 Å². The van der Waals surface area contributed by atoms with Crippen LogP contribution in [0.15, 0.2) is 29.2 Å². The predicted octanol–water partition coefficient (Wildman–Crippen LogP) is 4.27. The van der Waals surface area contributed by atoms with Crippen LogP contribution in [0.25, 0.3) is 0 Å². The van der Waals surface area contributed by atoms with E-state index in [1.54, 1.807) is 24.3 Å². The van der Waals surface area contributed by atoms with Crippen LogP contribution >= 0.6 is 0 Å². The second-order valence-electron chi connectivity index (χ2n) is 9.69. The van der Waals surface area contributed by atoms with Crippen LogP contribution in [-0.2, 0) is 14.6 Å². The van der Waals surface area contributed by atoms with Gasteiger partial charge in [0.1, 0.15) is 0 Å². The molecule has 0 heterocycles. The molecular weight excluding hydrogens is 370 g/mol. The van der Waals surface area contributed by atoms with E-state index in [0.29, 0.717) is 4.90 Å². The van der Waals surface area contributed by atoms with Crippen LogP contribution in [0, 0.1) is 30.1 Å². The molecule has 1 N–H and O–H groups in total. The van der Waals surface area contributed by atoms with Crippen molar-refractivity contribution in [2.24, 2.45) is 23.2 Å². The molecule has 28 heavy (non-hydrogen) atoms. The van der Waals surface area contributed by atoms with E-state index in [1.807, 2.05) is 6.92 Å². The number of carbonyl (C=O) groups excluding carboxylic acids is 1. The zero-order valence-corrected chi connectivity index (χ0v) is 17.9. The fraction of sp³-hybridized carbons (Fsp3) is 0.696. The molecule has 5 heteroatoms. The molecule has 0 spiro atoms. The van der Waals surface area contributed by atoms with Gasteiger partial charge in [-0.25, -0.2) is 8.42 Å². The normalized spacial score (nSPS) is 32.3. The quantitative estimate of drug-likeness (QED) is 0.739. The van der Waals surface area contributed by atoms with Crippen molar-refractivity contribution in [3.05, 3.63) is 29.8 Å². The van der Waals surface area contributed by atoms with Crippen LogP contribution in [0.4, 0.5) is 0 Å². The Morgan fingerprint density at radius 1 is 1.07 bits per heavy atom. The molecular formula is C23H33NO3S. The SMILES string of the molecule is CCC(NC(=O)CCS(=O)(=O)c1ccc(C)cc1)C12CC3CC(CC(C3)C1)C2. The second-order valence-corrected chi connectivity index (χ2v) is 11.8. The lowest BCUT2D eigenvalue weighted by Crippen LogP contribution is -2.56. The number of benzene rings is 1. The molecule has 4 nitrogen and oxygen atoms in total. The molecule has 0 saturated heterocycles. The summed E-state index contributed by atoms with van der Waals surface area (Å²) in [5, 5.41) is 3.25. The van der Waals surface area contributed by atoms with Crippen molar-refractivity contribution in [3.8, 4) is 0 Å². The van der Waals surface area contributed by atoms with Gasteiger partial charge in [0.05, 0.1) is 10.6 Å². The number of aryl methyl sites for hydroxylation is 1. The summed E-state index contributed by atoms with van der Waals surface area (Å²) < 4.78 is 25.1. The highest BCUT2D eigenvalue weighted by Gasteiger charge is 2.53. The molecule has 4 aliphatic carbocycles. The van der Waals surface area contributed by atoms with Gasteiger partial charge in [-0.1, -0.05) is 24.6 Å². The first-order valence-electron chi connectivity index (χ1n) is 10.9. The van der Waals surface area contributed by atoms with Crippen LogP contribution < -0.4 is 5.32 Å². The maximum Gasteiger partial charge on any atom is 0.221 e. The van der Waals surface area contributed by atoms with E-state index in [-0.39, 0.29) is 29.5 Å². The first kappa shape index (κ1) is 19.9. The molecule has 1 atom stereocenters. The largest absolute Gasteiger partial charge is 0.353 e. The molecule has 0 aliphatic heterocycles. The molecule has 4 aliphatic rings. The van der Waals surface area contributed by atoms with Crippen molar-refractivity contribution in [1.29, 1.82) is 0 Å². The predicted molar refractivity (Wildman–Crippen MR) is 111 cm³/mol. The van der Waals surface area contributed by atoms with Gasteiger partial charge in [-0.2, -0.15) is 0 Å². The van der Waals surface area contributed by atoms with Crippen molar-refractivity contribution in [2.75, 3.05) is 5.75 Å². The van der Waals surface area contributed by atoms with E-state index in [1.165, 1.54) is 38.5 Å². The van der Waals surface area contributed by atoms with Crippen LogP contribution in [0.3, 0.4) is 0 Å². The lowest BCUT2D eigenvalue weighted by Gasteiger charge is -2.59. The summed E-state index contributed by atoms with van der Waals surface area (Å²) in [6.07, 6.45) is 8.88. The van der Waals surface area contributed by atoms with Gasteiger partial charge >= 0.3 is 0 Å². The van der Waals surface area contributed by atoms with Gasteiger partial charge in [0.2, 0.25) is 5.91 Å². The zero-order chi connectivity index (χ0) is 19.9. The fourth-order valence-electron chi connectivity index (χ4n) is 6.65. The average Bonchev–Trinajstić information content (AvgIpc) is 2.63. The highest BCUT2D eigenvalue weighted by molar-refractivity contribution is 7.91. The third-order valence-electron chi connectivity index (χ3n) is 7.55. The molecule has 4 bridgehead atoms. The number of amides is 1. The Morgan fingerprint density at radius 2 is 1.61 bits per heavy atom. The Balaban J connectivity index is 1.38. The van der Waals surface area contributed by atoms with E-state index in [2.05, 4.69) is 12.2 Å². The summed E-state index contributed by atoms with van der Waals surface area (Å²) in [5.41, 5.74) is 1.28. The van der Waals surface area contributed by atoms with Gasteiger partial charge in [-0.15, -0.1) is 0 Å². The standard InChI is InChI=1S/C23H33NO3S/c1-3-21(23-13-17-10-18(14-23)12-19(11-17)15-23)24-22(25)8-9-28(26,27)20-6-4-16(2)5-7-20/h4-7,17-19,21H,3,8-15H2,1-2H3,(H,24,25). The molecule has 1 aromatic carbocycles. The van der Waals surface area contributed by atoms with E-state index in [0.717, 1.165) is 29.7 Å². The molecule has 0 aromatic heterocycles. The number of carbonyl (C=O) groups is 1. The topological polar surface area (TPSA) is 63.2 Å². The number of hydrogen-bond donors (Lipinski definition) is 1. The van der Waals surface area contributed by atoms with Crippen LogP contribution in [-0.4, -0.2) is 26.1 Å². The highest BCUT2D eigenvalue weighted by Crippen LogP contribution is 2.61. The van der Waals surface area contributed by atoms with Gasteiger partial charge in [-0.05, 0) is 87.2 Å². The van der Waals surface area contributed by atoms with Gasteiger partial charge < -0.3 is 5.32 Å². The molecule has 4 saturated carbocycles. The fourth-order valence-corrected chi connectivity index (χ4v) is 7.89. The minimum Gasteiger partial charge on any atom is -0.353 e. The van der Waals surface area contributed by atoms with Crippen LogP contribution in [0.1, 0.15) is 63.9 Å². The van der Waals surface area contributed by atoms with Gasteiger partial charge in [-0.3, -0.25) is 4.79 Å². The molecule has 4 fully saturated rings.